The first-order valence-corrected chi connectivity index (χ1v) is 6.63. The van der Waals surface area contributed by atoms with Gasteiger partial charge in [-0.25, -0.2) is 4.79 Å². The molecule has 0 saturated heterocycles. The molecule has 1 N–H and O–H groups in total. The van der Waals surface area contributed by atoms with Gasteiger partial charge in [-0.15, -0.1) is 0 Å². The smallest absolute Gasteiger partial charge is 0.336 e. The Morgan fingerprint density at radius 3 is 2.52 bits per heavy atom. The van der Waals surface area contributed by atoms with E-state index in [1.165, 1.54) is 36.4 Å². The average molecular weight is 352 g/mol. The molecule has 108 valence electrons. The lowest BCUT2D eigenvalue weighted by atomic mass is 10.2. The summed E-state index contributed by atoms with van der Waals surface area (Å²) in [6.45, 7) is 1.70. The first-order chi connectivity index (χ1) is 9.88. The molecule has 0 aromatic heterocycles. The lowest BCUT2D eigenvalue weighted by Gasteiger charge is -2.09. The van der Waals surface area contributed by atoms with Gasteiger partial charge in [0.05, 0.1) is 10.5 Å². The molecule has 7 heteroatoms. The first kappa shape index (κ1) is 15.0. The number of carbonyl (C=O) groups is 1. The predicted octanol–water partition coefficient (Wildman–Crippen LogP) is 4.16. The molecule has 0 aliphatic carbocycles. The maximum Gasteiger partial charge on any atom is 0.336 e. The standard InChI is InChI=1S/C14H10BrNO5/c1-8-6-9(16(19)20)2-5-13(8)21-10-3-4-11(14(17)18)12(15)7-10/h2-7H,1H3,(H,17,18). The normalized spacial score (nSPS) is 10.2. The van der Waals surface area contributed by atoms with Crippen LogP contribution < -0.4 is 4.74 Å². The molecule has 0 fully saturated rings. The lowest BCUT2D eigenvalue weighted by molar-refractivity contribution is -0.384. The fourth-order valence-electron chi connectivity index (χ4n) is 1.72. The summed E-state index contributed by atoms with van der Waals surface area (Å²) < 4.78 is 6.01. The second-order valence-electron chi connectivity index (χ2n) is 4.26. The molecule has 21 heavy (non-hydrogen) atoms. The summed E-state index contributed by atoms with van der Waals surface area (Å²) in [4.78, 5) is 21.1. The van der Waals surface area contributed by atoms with Gasteiger partial charge in [-0.05, 0) is 52.7 Å². The van der Waals surface area contributed by atoms with Gasteiger partial charge in [0.25, 0.3) is 5.69 Å². The molecule has 0 heterocycles. The maximum atomic E-state index is 10.9. The molecule has 2 rings (SSSR count). The molecule has 2 aromatic rings. The Morgan fingerprint density at radius 1 is 1.29 bits per heavy atom. The molecule has 0 atom stereocenters. The van der Waals surface area contributed by atoms with Crippen LogP contribution in [0.1, 0.15) is 15.9 Å². The lowest BCUT2D eigenvalue weighted by Crippen LogP contribution is -1.98. The third kappa shape index (κ3) is 3.38. The Kier molecular flexibility index (Phi) is 4.23. The number of carboxylic acids is 1. The summed E-state index contributed by atoms with van der Waals surface area (Å²) in [6, 6.07) is 8.74. The summed E-state index contributed by atoms with van der Waals surface area (Å²) in [5.74, 6) is -0.139. The minimum Gasteiger partial charge on any atom is -0.478 e. The highest BCUT2D eigenvalue weighted by Crippen LogP contribution is 2.30. The molecule has 0 bridgehead atoms. The van der Waals surface area contributed by atoms with Crippen molar-refractivity contribution in [2.24, 2.45) is 0 Å². The van der Waals surface area contributed by atoms with Gasteiger partial charge in [0.1, 0.15) is 11.5 Å². The molecular weight excluding hydrogens is 342 g/mol. The monoisotopic (exact) mass is 351 g/mol. The van der Waals surface area contributed by atoms with Crippen LogP contribution in [0.2, 0.25) is 0 Å². The van der Waals surface area contributed by atoms with Crippen LogP contribution in [0.25, 0.3) is 0 Å². The molecule has 6 nitrogen and oxygen atoms in total. The number of aromatic carboxylic acids is 1. The van der Waals surface area contributed by atoms with Gasteiger partial charge in [-0.1, -0.05) is 0 Å². The second kappa shape index (κ2) is 5.92. The number of aryl methyl sites for hydroxylation is 1. The number of non-ortho nitro benzene ring substituents is 1. The number of carboxylic acid groups (broad SMARTS) is 1. The number of benzene rings is 2. The minimum absolute atomic E-state index is 0.0118. The molecule has 0 unspecified atom stereocenters. The molecule has 0 radical (unpaired) electrons. The fraction of sp³-hybridized carbons (Fsp3) is 0.0714. The summed E-state index contributed by atoms with van der Waals surface area (Å²) >= 11 is 3.16. The third-order valence-corrected chi connectivity index (χ3v) is 3.42. The van der Waals surface area contributed by atoms with Crippen LogP contribution in [0.15, 0.2) is 40.9 Å². The number of halogens is 1. The molecular formula is C14H10BrNO5. The number of hydrogen-bond donors (Lipinski definition) is 1. The van der Waals surface area contributed by atoms with E-state index >= 15 is 0 Å². The van der Waals surface area contributed by atoms with Crippen LogP contribution in [0, 0.1) is 17.0 Å². The van der Waals surface area contributed by atoms with Crippen LogP contribution in [0.4, 0.5) is 5.69 Å². The van der Waals surface area contributed by atoms with E-state index in [1.54, 1.807) is 6.92 Å². The highest BCUT2D eigenvalue weighted by atomic mass is 79.9. The van der Waals surface area contributed by atoms with Crippen molar-refractivity contribution in [1.82, 2.24) is 0 Å². The maximum absolute atomic E-state index is 10.9. The largest absolute Gasteiger partial charge is 0.478 e. The zero-order chi connectivity index (χ0) is 15.6. The Bertz CT molecular complexity index is 729. The summed E-state index contributed by atoms with van der Waals surface area (Å²) in [7, 11) is 0. The van der Waals surface area contributed by atoms with Gasteiger partial charge in [0, 0.05) is 16.6 Å². The SMILES string of the molecule is Cc1cc([N+](=O)[O-])ccc1Oc1ccc(C(=O)O)c(Br)c1. The van der Waals surface area contributed by atoms with Crippen molar-refractivity contribution in [2.45, 2.75) is 6.92 Å². The Morgan fingerprint density at radius 2 is 2.00 bits per heavy atom. The topological polar surface area (TPSA) is 89.7 Å². The van der Waals surface area contributed by atoms with E-state index in [2.05, 4.69) is 15.9 Å². The van der Waals surface area contributed by atoms with Gasteiger partial charge in [0.2, 0.25) is 0 Å². The molecule has 0 saturated carbocycles. The van der Waals surface area contributed by atoms with E-state index in [-0.39, 0.29) is 11.3 Å². The zero-order valence-corrected chi connectivity index (χ0v) is 12.5. The van der Waals surface area contributed by atoms with Gasteiger partial charge in [-0.3, -0.25) is 10.1 Å². The fourth-order valence-corrected chi connectivity index (χ4v) is 2.25. The highest BCUT2D eigenvalue weighted by Gasteiger charge is 2.12. The molecule has 0 aliphatic rings. The minimum atomic E-state index is -1.04. The van der Waals surface area contributed by atoms with Gasteiger partial charge >= 0.3 is 5.97 Å². The Hall–Kier alpha value is -2.41. The predicted molar refractivity (Wildman–Crippen MR) is 79.0 cm³/mol. The van der Waals surface area contributed by atoms with Gasteiger partial charge < -0.3 is 9.84 Å². The number of hydrogen-bond acceptors (Lipinski definition) is 4. The van der Waals surface area contributed by atoms with E-state index in [0.717, 1.165) is 0 Å². The number of ether oxygens (including phenoxy) is 1. The van der Waals surface area contributed by atoms with Crippen LogP contribution in [0.5, 0.6) is 11.5 Å². The van der Waals surface area contributed by atoms with Crippen molar-refractivity contribution in [3.8, 4) is 11.5 Å². The van der Waals surface area contributed by atoms with Crippen molar-refractivity contribution < 1.29 is 19.6 Å². The number of rotatable bonds is 4. The molecule has 0 aliphatic heterocycles. The number of nitro groups is 1. The van der Waals surface area contributed by atoms with Crippen molar-refractivity contribution >= 4 is 27.6 Å². The number of nitro benzene ring substituents is 1. The van der Waals surface area contributed by atoms with E-state index in [4.69, 9.17) is 9.84 Å². The van der Waals surface area contributed by atoms with Crippen molar-refractivity contribution in [2.75, 3.05) is 0 Å². The third-order valence-electron chi connectivity index (χ3n) is 2.77. The molecule has 0 amide bonds. The zero-order valence-electron chi connectivity index (χ0n) is 10.9. The van der Waals surface area contributed by atoms with E-state index < -0.39 is 10.9 Å². The highest BCUT2D eigenvalue weighted by molar-refractivity contribution is 9.10. The van der Waals surface area contributed by atoms with Crippen molar-refractivity contribution in [3.63, 3.8) is 0 Å². The summed E-state index contributed by atoms with van der Waals surface area (Å²) in [6.07, 6.45) is 0. The summed E-state index contributed by atoms with van der Waals surface area (Å²) in [5.41, 5.74) is 0.729. The quantitative estimate of drug-likeness (QED) is 0.659. The van der Waals surface area contributed by atoms with Crippen LogP contribution >= 0.6 is 15.9 Å². The van der Waals surface area contributed by atoms with Crippen LogP contribution in [-0.4, -0.2) is 16.0 Å². The Labute approximate surface area is 128 Å². The molecule has 0 spiro atoms. The van der Waals surface area contributed by atoms with E-state index in [1.807, 2.05) is 0 Å². The van der Waals surface area contributed by atoms with E-state index in [0.29, 0.717) is 21.5 Å². The number of nitrogens with zero attached hydrogens (tertiary/aromatic N) is 1. The van der Waals surface area contributed by atoms with Crippen molar-refractivity contribution in [3.05, 3.63) is 62.1 Å². The second-order valence-corrected chi connectivity index (χ2v) is 5.11. The summed E-state index contributed by atoms with van der Waals surface area (Å²) in [5, 5.41) is 19.6. The van der Waals surface area contributed by atoms with Gasteiger partial charge in [-0.2, -0.15) is 0 Å². The average Bonchev–Trinajstić information content (AvgIpc) is 2.40. The van der Waals surface area contributed by atoms with Gasteiger partial charge in [0.15, 0.2) is 0 Å². The first-order valence-electron chi connectivity index (χ1n) is 5.84. The van der Waals surface area contributed by atoms with Crippen LogP contribution in [0.3, 0.4) is 0 Å². The molecule has 2 aromatic carbocycles. The van der Waals surface area contributed by atoms with E-state index in [9.17, 15) is 14.9 Å². The van der Waals surface area contributed by atoms with Crippen LogP contribution in [-0.2, 0) is 0 Å². The Balaban J connectivity index is 2.28. The van der Waals surface area contributed by atoms with Crippen molar-refractivity contribution in [1.29, 1.82) is 0 Å².